The van der Waals surface area contributed by atoms with Crippen LogP contribution in [0.2, 0.25) is 0 Å². The van der Waals surface area contributed by atoms with Crippen molar-refractivity contribution in [3.8, 4) is 17.2 Å². The maximum atomic E-state index is 11.4. The van der Waals surface area contributed by atoms with Crippen molar-refractivity contribution in [1.82, 2.24) is 0 Å². The second-order valence-electron chi connectivity index (χ2n) is 15.4. The van der Waals surface area contributed by atoms with E-state index in [0.29, 0.717) is 30.1 Å². The Morgan fingerprint density at radius 3 is 0.923 bits per heavy atom. The zero-order valence-corrected chi connectivity index (χ0v) is 26.3. The molecule has 0 aliphatic heterocycles. The lowest BCUT2D eigenvalue weighted by molar-refractivity contribution is 0.422. The lowest BCUT2D eigenvalue weighted by atomic mass is 9.77. The smallest absolute Gasteiger partial charge is 0.123 e. The predicted molar refractivity (Wildman–Crippen MR) is 165 cm³/mol. The van der Waals surface area contributed by atoms with Crippen LogP contribution in [-0.2, 0) is 34.5 Å². The number of benzene rings is 3. The van der Waals surface area contributed by atoms with Crippen LogP contribution in [0, 0.1) is 0 Å². The summed E-state index contributed by atoms with van der Waals surface area (Å²) in [6, 6.07) is 14.3. The molecule has 0 saturated carbocycles. The Morgan fingerprint density at radius 1 is 0.436 bits per heavy atom. The van der Waals surface area contributed by atoms with Crippen LogP contribution in [0.4, 0.5) is 0 Å². The van der Waals surface area contributed by atoms with E-state index in [4.69, 9.17) is 0 Å². The minimum Gasteiger partial charge on any atom is -0.507 e. The summed E-state index contributed by atoms with van der Waals surface area (Å²) in [6.45, 7) is 25.4. The zero-order chi connectivity index (χ0) is 29.7. The number of phenolic OH excluding ortho intramolecular Hbond substituents is 3. The highest BCUT2D eigenvalue weighted by Gasteiger charge is 2.28. The Bertz CT molecular complexity index is 1180. The van der Waals surface area contributed by atoms with Crippen LogP contribution in [0.25, 0.3) is 0 Å². The quantitative estimate of drug-likeness (QED) is 0.315. The lowest BCUT2D eigenvalue weighted by Crippen LogP contribution is -2.18. The van der Waals surface area contributed by atoms with Crippen molar-refractivity contribution in [2.24, 2.45) is 0 Å². The van der Waals surface area contributed by atoms with Gasteiger partial charge in [0, 0.05) is 12.8 Å². The summed E-state index contributed by atoms with van der Waals surface area (Å²) in [5.41, 5.74) is 6.74. The highest BCUT2D eigenvalue weighted by Crippen LogP contribution is 2.42. The summed E-state index contributed by atoms with van der Waals surface area (Å²) in [4.78, 5) is 0. The molecule has 0 aromatic heterocycles. The molecule has 0 bridgehead atoms. The van der Waals surface area contributed by atoms with Gasteiger partial charge in [0.25, 0.3) is 0 Å². The third-order valence-electron chi connectivity index (χ3n) is 7.56. The van der Waals surface area contributed by atoms with E-state index >= 15 is 0 Å². The first kappa shape index (κ1) is 30.6. The standard InChI is InChI=1S/C36H50O3/c1-33(2,3)26-18-22(19-27(31(26)38)34(4,5)6)16-24-14-13-15-25(30(24)37)17-23-20-28(35(7,8)9)32(39)29(21-23)36(10,11)12/h13-15,18-21,37-39H,16-17H2,1-12H3. The van der Waals surface area contributed by atoms with E-state index in [1.165, 1.54) is 0 Å². The fourth-order valence-corrected chi connectivity index (χ4v) is 5.25. The summed E-state index contributed by atoms with van der Waals surface area (Å²) >= 11 is 0. The average molecular weight is 531 g/mol. The van der Waals surface area contributed by atoms with Gasteiger partial charge in [0.2, 0.25) is 0 Å². The van der Waals surface area contributed by atoms with Gasteiger partial charge in [-0.1, -0.05) is 126 Å². The van der Waals surface area contributed by atoms with Gasteiger partial charge in [-0.05, 0) is 66.2 Å². The predicted octanol–water partition coefficient (Wildman–Crippen LogP) is 9.17. The molecule has 3 aromatic rings. The van der Waals surface area contributed by atoms with E-state index in [1.54, 1.807) is 0 Å². The van der Waals surface area contributed by atoms with Gasteiger partial charge in [-0.15, -0.1) is 0 Å². The summed E-state index contributed by atoms with van der Waals surface area (Å²) in [5.74, 6) is 1.05. The van der Waals surface area contributed by atoms with Gasteiger partial charge in [0.05, 0.1) is 0 Å². The molecule has 0 unspecified atom stereocenters. The molecule has 0 amide bonds. The molecule has 0 fully saturated rings. The summed E-state index contributed by atoms with van der Waals surface area (Å²) in [7, 11) is 0. The van der Waals surface area contributed by atoms with Crippen molar-refractivity contribution in [1.29, 1.82) is 0 Å². The van der Waals surface area contributed by atoms with Crippen molar-refractivity contribution in [3.63, 3.8) is 0 Å². The van der Waals surface area contributed by atoms with Gasteiger partial charge in [-0.2, -0.15) is 0 Å². The summed E-state index contributed by atoms with van der Waals surface area (Å²) in [5, 5.41) is 33.7. The number of aromatic hydroxyl groups is 3. The number of hydrogen-bond acceptors (Lipinski definition) is 3. The molecule has 0 atom stereocenters. The van der Waals surface area contributed by atoms with E-state index in [1.807, 2.05) is 18.2 Å². The average Bonchev–Trinajstić information content (AvgIpc) is 2.75. The van der Waals surface area contributed by atoms with Crippen LogP contribution in [0.5, 0.6) is 17.2 Å². The van der Waals surface area contributed by atoms with E-state index < -0.39 is 0 Å². The molecular weight excluding hydrogens is 480 g/mol. The molecule has 0 aliphatic rings. The Hall–Kier alpha value is -2.94. The maximum absolute atomic E-state index is 11.4. The number of rotatable bonds is 4. The number of phenols is 3. The van der Waals surface area contributed by atoms with Crippen LogP contribution >= 0.6 is 0 Å². The molecule has 212 valence electrons. The summed E-state index contributed by atoms with van der Waals surface area (Å²) in [6.07, 6.45) is 1.14. The Labute approximate surface area is 236 Å². The van der Waals surface area contributed by atoms with Gasteiger partial charge < -0.3 is 15.3 Å². The fraction of sp³-hybridized carbons (Fsp3) is 0.500. The van der Waals surface area contributed by atoms with Crippen LogP contribution in [0.15, 0.2) is 42.5 Å². The van der Waals surface area contributed by atoms with Crippen LogP contribution < -0.4 is 0 Å². The molecular formula is C36H50O3. The van der Waals surface area contributed by atoms with Crippen molar-refractivity contribution in [2.75, 3.05) is 0 Å². The van der Waals surface area contributed by atoms with Crippen LogP contribution in [0.3, 0.4) is 0 Å². The highest BCUT2D eigenvalue weighted by atomic mass is 16.3. The minimum absolute atomic E-state index is 0.210. The number of para-hydroxylation sites is 1. The second-order valence-corrected chi connectivity index (χ2v) is 15.4. The van der Waals surface area contributed by atoms with Gasteiger partial charge in [0.15, 0.2) is 0 Å². The minimum atomic E-state index is -0.210. The molecule has 3 aromatic carbocycles. The molecule has 3 nitrogen and oxygen atoms in total. The van der Waals surface area contributed by atoms with E-state index in [-0.39, 0.29) is 21.7 Å². The Balaban J connectivity index is 2.08. The monoisotopic (exact) mass is 530 g/mol. The van der Waals surface area contributed by atoms with Crippen LogP contribution in [0.1, 0.15) is 128 Å². The van der Waals surface area contributed by atoms with Crippen molar-refractivity contribution in [2.45, 2.75) is 118 Å². The third-order valence-corrected chi connectivity index (χ3v) is 7.56. The van der Waals surface area contributed by atoms with Gasteiger partial charge in [-0.25, -0.2) is 0 Å². The Morgan fingerprint density at radius 2 is 0.692 bits per heavy atom. The Kier molecular flexibility index (Phi) is 8.02. The van der Waals surface area contributed by atoms with Crippen molar-refractivity contribution >= 4 is 0 Å². The molecule has 0 spiro atoms. The first-order valence-electron chi connectivity index (χ1n) is 14.1. The first-order valence-corrected chi connectivity index (χ1v) is 14.1. The van der Waals surface area contributed by atoms with Crippen molar-refractivity contribution in [3.05, 3.63) is 87.0 Å². The molecule has 3 N–H and O–H groups in total. The normalized spacial score (nSPS) is 13.1. The van der Waals surface area contributed by atoms with E-state index in [2.05, 4.69) is 107 Å². The molecule has 0 aliphatic carbocycles. The second kappa shape index (κ2) is 10.2. The molecule has 3 rings (SSSR count). The first-order chi connectivity index (χ1) is 17.6. The van der Waals surface area contributed by atoms with E-state index in [0.717, 1.165) is 44.5 Å². The molecule has 0 heterocycles. The number of hydrogen-bond donors (Lipinski definition) is 3. The van der Waals surface area contributed by atoms with Crippen molar-refractivity contribution < 1.29 is 15.3 Å². The zero-order valence-electron chi connectivity index (χ0n) is 26.3. The highest BCUT2D eigenvalue weighted by molar-refractivity contribution is 5.54. The lowest BCUT2D eigenvalue weighted by Gasteiger charge is -2.28. The van der Waals surface area contributed by atoms with Gasteiger partial charge in [-0.3, -0.25) is 0 Å². The maximum Gasteiger partial charge on any atom is 0.123 e. The third kappa shape index (κ3) is 6.80. The SMILES string of the molecule is CC(C)(C)c1cc(Cc2cccc(Cc3cc(C(C)(C)C)c(O)c(C(C)(C)C)c3)c2O)cc(C(C)(C)C)c1O. The molecule has 0 saturated heterocycles. The molecule has 0 radical (unpaired) electrons. The van der Waals surface area contributed by atoms with Gasteiger partial charge in [0.1, 0.15) is 17.2 Å². The van der Waals surface area contributed by atoms with Gasteiger partial charge >= 0.3 is 0 Å². The topological polar surface area (TPSA) is 60.7 Å². The molecule has 3 heteroatoms. The fourth-order valence-electron chi connectivity index (χ4n) is 5.25. The van der Waals surface area contributed by atoms with E-state index in [9.17, 15) is 15.3 Å². The largest absolute Gasteiger partial charge is 0.507 e. The van der Waals surface area contributed by atoms with Crippen LogP contribution in [-0.4, -0.2) is 15.3 Å². The summed E-state index contributed by atoms with van der Waals surface area (Å²) < 4.78 is 0. The molecule has 39 heavy (non-hydrogen) atoms.